The number of benzene rings is 2. The molecule has 1 saturated heterocycles. The third-order valence-corrected chi connectivity index (χ3v) is 5.98. The van der Waals surface area contributed by atoms with Gasteiger partial charge in [-0.1, -0.05) is 37.0 Å². The van der Waals surface area contributed by atoms with Gasteiger partial charge in [0.05, 0.1) is 29.8 Å². The van der Waals surface area contributed by atoms with E-state index in [1.165, 1.54) is 4.90 Å². The van der Waals surface area contributed by atoms with E-state index in [0.29, 0.717) is 11.4 Å². The van der Waals surface area contributed by atoms with Crippen molar-refractivity contribution in [1.29, 1.82) is 0 Å². The minimum atomic E-state index is -3.87. The molecular formula is C20H25Cl2N3O6S. The second kappa shape index (κ2) is 10.0. The van der Waals surface area contributed by atoms with Crippen LogP contribution >= 0.6 is 23.2 Å². The Hall–Kier alpha value is -1.79. The van der Waals surface area contributed by atoms with Crippen molar-refractivity contribution in [2.75, 3.05) is 25.1 Å². The number of rotatable bonds is 8. The maximum atomic E-state index is 11.1. The fourth-order valence-electron chi connectivity index (χ4n) is 3.31. The molecule has 0 bridgehead atoms. The normalized spacial score (nSPS) is 18.9. The van der Waals surface area contributed by atoms with Gasteiger partial charge >= 0.3 is 0 Å². The van der Waals surface area contributed by atoms with Crippen molar-refractivity contribution in [2.24, 2.45) is 5.14 Å². The van der Waals surface area contributed by atoms with Crippen molar-refractivity contribution in [3.05, 3.63) is 45.9 Å². The number of nitrogens with two attached hydrogens (primary N) is 1. The molecule has 0 saturated carbocycles. The molecule has 9 nitrogen and oxygen atoms in total. The van der Waals surface area contributed by atoms with Crippen molar-refractivity contribution in [3.63, 3.8) is 0 Å². The third kappa shape index (κ3) is 5.96. The van der Waals surface area contributed by atoms with Crippen LogP contribution in [0.3, 0.4) is 0 Å². The summed E-state index contributed by atoms with van der Waals surface area (Å²) in [6, 6.07) is 8.60. The van der Waals surface area contributed by atoms with E-state index >= 15 is 0 Å². The molecule has 0 amide bonds. The lowest BCUT2D eigenvalue weighted by Crippen LogP contribution is -2.38. The highest BCUT2D eigenvalue weighted by atomic mass is 35.5. The van der Waals surface area contributed by atoms with E-state index in [1.54, 1.807) is 25.3 Å². The molecule has 176 valence electrons. The maximum Gasteiger partial charge on any atom is 0.274 e. The van der Waals surface area contributed by atoms with Gasteiger partial charge in [0, 0.05) is 17.8 Å². The first-order chi connectivity index (χ1) is 15.0. The Morgan fingerprint density at radius 3 is 2.50 bits per heavy atom. The Labute approximate surface area is 197 Å². The second-order valence-electron chi connectivity index (χ2n) is 7.53. The van der Waals surface area contributed by atoms with Crippen molar-refractivity contribution < 1.29 is 27.7 Å². The Balaban J connectivity index is 1.79. The molecule has 1 heterocycles. The summed E-state index contributed by atoms with van der Waals surface area (Å²) in [5.41, 5.74) is 1.46. The highest BCUT2D eigenvalue weighted by Crippen LogP contribution is 2.42. The summed E-state index contributed by atoms with van der Waals surface area (Å²) >= 11 is 12.9. The van der Waals surface area contributed by atoms with Crippen LogP contribution < -0.4 is 24.2 Å². The van der Waals surface area contributed by atoms with Crippen molar-refractivity contribution in [3.8, 4) is 17.2 Å². The lowest BCUT2D eigenvalue weighted by Gasteiger charge is -2.22. The molecule has 0 aliphatic carbocycles. The van der Waals surface area contributed by atoms with E-state index in [1.807, 2.05) is 26.0 Å². The number of methoxy groups -OCH3 is 1. The minimum absolute atomic E-state index is 0.0926. The van der Waals surface area contributed by atoms with Gasteiger partial charge in [0.15, 0.2) is 5.75 Å². The van der Waals surface area contributed by atoms with Gasteiger partial charge in [0.2, 0.25) is 6.41 Å². The van der Waals surface area contributed by atoms with Crippen molar-refractivity contribution in [2.45, 2.75) is 32.3 Å². The van der Waals surface area contributed by atoms with E-state index in [4.69, 9.17) is 42.6 Å². The molecule has 0 aromatic heterocycles. The molecule has 0 radical (unpaired) electrons. The predicted molar refractivity (Wildman–Crippen MR) is 123 cm³/mol. The van der Waals surface area contributed by atoms with Crippen LogP contribution in [-0.4, -0.2) is 46.2 Å². The number of anilines is 1. The molecule has 1 fully saturated rings. The highest BCUT2D eigenvalue weighted by Gasteiger charge is 2.33. The fraction of sp³-hybridized carbons (Fsp3) is 0.400. The van der Waals surface area contributed by atoms with Crippen LogP contribution in [0.25, 0.3) is 0 Å². The van der Waals surface area contributed by atoms with Crippen molar-refractivity contribution >= 4 is 39.1 Å². The first-order valence-corrected chi connectivity index (χ1v) is 12.0. The second-order valence-corrected chi connectivity index (χ2v) is 9.72. The van der Waals surface area contributed by atoms with Gasteiger partial charge in [-0.2, -0.15) is 13.1 Å². The number of nitrogens with zero attached hydrogens (tertiary/aromatic N) is 1. The molecule has 2 atom stereocenters. The van der Waals surface area contributed by atoms with E-state index < -0.39 is 22.7 Å². The zero-order valence-corrected chi connectivity index (χ0v) is 20.0. The highest BCUT2D eigenvalue weighted by molar-refractivity contribution is 7.87. The average molecular weight is 506 g/mol. The maximum absolute atomic E-state index is 11.1. The number of ether oxygens (including phenoxy) is 3. The summed E-state index contributed by atoms with van der Waals surface area (Å²) < 4.78 is 41.0. The van der Waals surface area contributed by atoms with Crippen LogP contribution in [-0.2, 0) is 14.9 Å². The van der Waals surface area contributed by atoms with Crippen LogP contribution in [0.15, 0.2) is 30.3 Å². The lowest BCUT2D eigenvalue weighted by atomic mass is 10.0. The molecule has 2 aromatic carbocycles. The van der Waals surface area contributed by atoms with E-state index in [2.05, 4.69) is 4.72 Å². The Kier molecular flexibility index (Phi) is 7.77. The van der Waals surface area contributed by atoms with E-state index in [-0.39, 0.29) is 34.8 Å². The zero-order chi connectivity index (χ0) is 23.6. The number of aliphatic hydroxyl groups is 1. The van der Waals surface area contributed by atoms with E-state index in [0.717, 1.165) is 11.3 Å². The smallest absolute Gasteiger partial charge is 0.274 e. The van der Waals surface area contributed by atoms with Gasteiger partial charge in [-0.3, -0.25) is 0 Å². The van der Waals surface area contributed by atoms with Crippen LogP contribution in [0.1, 0.15) is 25.3 Å². The van der Waals surface area contributed by atoms with Crippen LogP contribution in [0.4, 0.5) is 5.69 Å². The Bertz CT molecular complexity index is 1060. The first-order valence-electron chi connectivity index (χ1n) is 9.71. The van der Waals surface area contributed by atoms with Crippen molar-refractivity contribution in [1.82, 2.24) is 4.72 Å². The van der Waals surface area contributed by atoms with Gasteiger partial charge in [0.25, 0.3) is 10.2 Å². The third-order valence-electron chi connectivity index (χ3n) is 4.85. The summed E-state index contributed by atoms with van der Waals surface area (Å²) in [6.45, 7) is 4.19. The predicted octanol–water partition coefficient (Wildman–Crippen LogP) is 3.19. The quantitative estimate of drug-likeness (QED) is 0.503. The minimum Gasteiger partial charge on any atom is -0.496 e. The summed E-state index contributed by atoms with van der Waals surface area (Å²) in [7, 11) is -2.26. The average Bonchev–Trinajstić information content (AvgIpc) is 3.09. The molecule has 32 heavy (non-hydrogen) atoms. The Morgan fingerprint density at radius 1 is 1.28 bits per heavy atom. The molecule has 4 N–H and O–H groups in total. The molecule has 3 rings (SSSR count). The largest absolute Gasteiger partial charge is 0.496 e. The summed E-state index contributed by atoms with van der Waals surface area (Å²) in [6.07, 6.45) is -1.93. The number of aliphatic hydroxyl groups excluding tert-OH is 1. The van der Waals surface area contributed by atoms with Gasteiger partial charge in [0.1, 0.15) is 11.5 Å². The number of hydrogen-bond acceptors (Lipinski definition) is 7. The van der Waals surface area contributed by atoms with Crippen LogP contribution in [0, 0.1) is 0 Å². The Morgan fingerprint density at radius 2 is 1.94 bits per heavy atom. The van der Waals surface area contributed by atoms with Gasteiger partial charge in [-0.25, -0.2) is 5.14 Å². The summed E-state index contributed by atoms with van der Waals surface area (Å²) in [5.74, 6) is 1.79. The van der Waals surface area contributed by atoms with Crippen LogP contribution in [0.5, 0.6) is 17.2 Å². The van der Waals surface area contributed by atoms with Gasteiger partial charge in [-0.05, 0) is 36.2 Å². The first kappa shape index (κ1) is 24.8. The topological polar surface area (TPSA) is 123 Å². The van der Waals surface area contributed by atoms with Gasteiger partial charge < -0.3 is 24.2 Å². The number of hydrogen-bond donors (Lipinski definition) is 3. The molecule has 12 heteroatoms. The molecule has 2 aromatic rings. The molecular weight excluding hydrogens is 481 g/mol. The van der Waals surface area contributed by atoms with E-state index in [9.17, 15) is 13.5 Å². The number of nitrogens with one attached hydrogen (secondary N) is 1. The summed E-state index contributed by atoms with van der Waals surface area (Å²) in [5, 5.41) is 15.6. The summed E-state index contributed by atoms with van der Waals surface area (Å²) in [4.78, 5) is 1.49. The fourth-order valence-corrected chi connectivity index (χ4v) is 4.28. The lowest BCUT2D eigenvalue weighted by molar-refractivity contribution is -0.0862. The molecule has 1 aliphatic heterocycles. The molecule has 1 aliphatic rings. The molecule has 0 spiro atoms. The SMILES string of the molecule is COc1ccc(Oc2c(Cl)cc(N3CC(CNS(N)(=O)=O)OC3O)cc2Cl)cc1C(C)C. The molecule has 2 unspecified atom stereocenters. The van der Waals surface area contributed by atoms with Crippen LogP contribution in [0.2, 0.25) is 10.0 Å². The monoisotopic (exact) mass is 505 g/mol. The van der Waals surface area contributed by atoms with Gasteiger partial charge in [-0.15, -0.1) is 0 Å². The zero-order valence-electron chi connectivity index (χ0n) is 17.7. The number of halogens is 2. The standard InChI is InChI=1S/C20H25Cl2N3O6S/c1-11(2)15-8-13(4-5-18(15)29-3)30-19-16(21)6-12(7-17(19)22)25-10-14(31-20(25)26)9-24-32(23,27)28/h4-8,11,14,20,24,26H,9-10H2,1-3H3,(H2,23,27,28).